The molecule has 7 heteroatoms. The summed E-state index contributed by atoms with van der Waals surface area (Å²) in [5.74, 6) is 0.893. The molecular weight excluding hydrogens is 422 g/mol. The summed E-state index contributed by atoms with van der Waals surface area (Å²) >= 11 is 0. The van der Waals surface area contributed by atoms with E-state index in [1.807, 2.05) is 23.1 Å². The van der Waals surface area contributed by atoms with Crippen LogP contribution in [0.4, 0.5) is 5.69 Å². The molecule has 1 atom stereocenters. The van der Waals surface area contributed by atoms with Gasteiger partial charge in [0.05, 0.1) is 28.4 Å². The van der Waals surface area contributed by atoms with Crippen molar-refractivity contribution in [3.05, 3.63) is 59.2 Å². The lowest BCUT2D eigenvalue weighted by molar-refractivity contribution is -0.136. The fourth-order valence-corrected chi connectivity index (χ4v) is 4.94. The zero-order valence-electron chi connectivity index (χ0n) is 19.5. The summed E-state index contributed by atoms with van der Waals surface area (Å²) in [6.07, 6.45) is 5.14. The first-order valence-electron chi connectivity index (χ1n) is 10.9. The van der Waals surface area contributed by atoms with Crippen LogP contribution in [-0.2, 0) is 16.0 Å². The predicted octanol–water partition coefficient (Wildman–Crippen LogP) is 4.19. The number of benzene rings is 2. The Morgan fingerprint density at radius 2 is 1.64 bits per heavy atom. The first-order chi connectivity index (χ1) is 15.9. The van der Waals surface area contributed by atoms with E-state index >= 15 is 0 Å². The second-order valence-corrected chi connectivity index (χ2v) is 8.45. The highest BCUT2D eigenvalue weighted by Crippen LogP contribution is 2.46. The second-order valence-electron chi connectivity index (χ2n) is 8.45. The molecule has 0 fully saturated rings. The summed E-state index contributed by atoms with van der Waals surface area (Å²) in [7, 11) is 6.00. The third kappa shape index (κ3) is 4.15. The van der Waals surface area contributed by atoms with Crippen molar-refractivity contribution in [2.24, 2.45) is 5.41 Å². The van der Waals surface area contributed by atoms with E-state index in [0.29, 0.717) is 35.8 Å². The van der Waals surface area contributed by atoms with Crippen LogP contribution in [0.1, 0.15) is 35.2 Å². The van der Waals surface area contributed by atoms with Gasteiger partial charge in [0, 0.05) is 23.4 Å². The Kier molecular flexibility index (Phi) is 6.31. The van der Waals surface area contributed by atoms with E-state index in [1.54, 1.807) is 12.1 Å². The molecule has 0 saturated heterocycles. The van der Waals surface area contributed by atoms with Crippen molar-refractivity contribution in [1.82, 2.24) is 0 Å². The Labute approximate surface area is 193 Å². The number of ether oxygens (including phenoxy) is 4. The summed E-state index contributed by atoms with van der Waals surface area (Å²) in [6.45, 7) is 0.525. The first-order valence-corrected chi connectivity index (χ1v) is 10.9. The maximum Gasteiger partial charge on any atom is 0.333 e. The maximum atomic E-state index is 13.8. The molecule has 0 saturated carbocycles. The Bertz CT molecular complexity index is 1080. The fraction of sp³-hybridized carbons (Fsp3) is 0.385. The summed E-state index contributed by atoms with van der Waals surface area (Å²) in [6, 6.07) is 11.3. The number of nitrogens with zero attached hydrogens (tertiary/aromatic N) is 1. The number of amides is 1. The van der Waals surface area contributed by atoms with Crippen LogP contribution in [0, 0.1) is 5.41 Å². The lowest BCUT2D eigenvalue weighted by Crippen LogP contribution is -2.33. The minimum absolute atomic E-state index is 0.145. The van der Waals surface area contributed by atoms with Crippen LogP contribution >= 0.6 is 0 Å². The monoisotopic (exact) mass is 451 g/mol. The van der Waals surface area contributed by atoms with Crippen LogP contribution in [0.15, 0.2) is 48.0 Å². The normalized spacial score (nSPS) is 19.4. The number of anilines is 1. The van der Waals surface area contributed by atoms with E-state index < -0.39 is 0 Å². The van der Waals surface area contributed by atoms with Crippen molar-refractivity contribution < 1.29 is 28.5 Å². The van der Waals surface area contributed by atoms with Gasteiger partial charge in [0.2, 0.25) is 5.75 Å². The van der Waals surface area contributed by atoms with E-state index in [4.69, 9.17) is 18.9 Å². The highest BCUT2D eigenvalue weighted by Gasteiger charge is 2.39. The number of allylic oxidation sites excluding steroid dienone is 1. The average Bonchev–Trinajstić information content (AvgIpc) is 3.19. The number of para-hydroxylation sites is 1. The smallest absolute Gasteiger partial charge is 0.333 e. The van der Waals surface area contributed by atoms with Gasteiger partial charge >= 0.3 is 5.97 Å². The number of rotatable bonds is 5. The van der Waals surface area contributed by atoms with Gasteiger partial charge in [-0.1, -0.05) is 24.3 Å². The van der Waals surface area contributed by atoms with Crippen LogP contribution in [0.5, 0.6) is 17.2 Å². The van der Waals surface area contributed by atoms with Crippen LogP contribution in [0.3, 0.4) is 0 Å². The number of carbonyl (C=O) groups excluding carboxylic acids is 2. The van der Waals surface area contributed by atoms with Gasteiger partial charge in [0.25, 0.3) is 5.91 Å². The Morgan fingerprint density at radius 3 is 2.27 bits per heavy atom. The van der Waals surface area contributed by atoms with Crippen LogP contribution in [0.2, 0.25) is 0 Å². The molecule has 1 unspecified atom stereocenters. The zero-order valence-corrected chi connectivity index (χ0v) is 19.5. The van der Waals surface area contributed by atoms with Crippen LogP contribution in [0.25, 0.3) is 0 Å². The van der Waals surface area contributed by atoms with Gasteiger partial charge in [-0.25, -0.2) is 4.79 Å². The molecule has 2 aliphatic rings. The van der Waals surface area contributed by atoms with Gasteiger partial charge in [-0.3, -0.25) is 4.79 Å². The number of fused-ring (bicyclic) bond motifs is 1. The molecule has 4 rings (SSSR count). The summed E-state index contributed by atoms with van der Waals surface area (Å²) in [5.41, 5.74) is 2.96. The third-order valence-electron chi connectivity index (χ3n) is 6.64. The quantitative estimate of drug-likeness (QED) is 0.635. The highest BCUT2D eigenvalue weighted by atomic mass is 16.5. The summed E-state index contributed by atoms with van der Waals surface area (Å²) in [4.78, 5) is 27.7. The minimum Gasteiger partial charge on any atom is -0.493 e. The number of esters is 1. The number of hydrogen-bond donors (Lipinski definition) is 0. The van der Waals surface area contributed by atoms with Gasteiger partial charge < -0.3 is 23.8 Å². The molecule has 1 heterocycles. The van der Waals surface area contributed by atoms with Crippen molar-refractivity contribution >= 4 is 17.6 Å². The van der Waals surface area contributed by atoms with Crippen molar-refractivity contribution in [2.45, 2.75) is 25.7 Å². The molecule has 1 amide bonds. The summed E-state index contributed by atoms with van der Waals surface area (Å²) in [5, 5.41) is 0. The van der Waals surface area contributed by atoms with Crippen molar-refractivity contribution in [2.75, 3.05) is 39.9 Å². The Morgan fingerprint density at radius 1 is 0.939 bits per heavy atom. The van der Waals surface area contributed by atoms with Gasteiger partial charge in [-0.05, 0) is 54.9 Å². The number of carbonyl (C=O) groups is 2. The van der Waals surface area contributed by atoms with Crippen molar-refractivity contribution in [3.8, 4) is 17.2 Å². The molecule has 1 aliphatic carbocycles. The third-order valence-corrected chi connectivity index (χ3v) is 6.64. The molecule has 1 spiro atoms. The molecule has 174 valence electrons. The molecule has 0 bridgehead atoms. The lowest BCUT2D eigenvalue weighted by Gasteiger charge is -2.26. The highest BCUT2D eigenvalue weighted by molar-refractivity contribution is 6.07. The van der Waals surface area contributed by atoms with Gasteiger partial charge in [-0.15, -0.1) is 0 Å². The first kappa shape index (κ1) is 22.7. The van der Waals surface area contributed by atoms with E-state index in [9.17, 15) is 9.59 Å². The standard InChI is InChI=1S/C26H29NO6/c1-30-21-13-19(14-22(31-2)23(21)32-3)24(28)27-12-11-26(10-9-18(16-26)25(29)33-4)15-17-7-5-6-8-20(17)27/h5-8,13-14,16H,9-12,15H2,1-4H3. The molecule has 2 aromatic rings. The van der Waals surface area contributed by atoms with E-state index in [1.165, 1.54) is 28.4 Å². The predicted molar refractivity (Wildman–Crippen MR) is 124 cm³/mol. The molecule has 0 N–H and O–H groups in total. The Hall–Kier alpha value is -3.48. The van der Waals surface area contributed by atoms with Gasteiger partial charge in [0.1, 0.15) is 0 Å². The van der Waals surface area contributed by atoms with Crippen molar-refractivity contribution in [3.63, 3.8) is 0 Å². The van der Waals surface area contributed by atoms with Crippen LogP contribution in [-0.4, -0.2) is 46.9 Å². The molecule has 1 aliphatic heterocycles. The number of hydrogen-bond acceptors (Lipinski definition) is 6. The average molecular weight is 452 g/mol. The lowest BCUT2D eigenvalue weighted by atomic mass is 9.79. The van der Waals surface area contributed by atoms with Gasteiger partial charge in [0.15, 0.2) is 11.5 Å². The molecule has 33 heavy (non-hydrogen) atoms. The van der Waals surface area contributed by atoms with E-state index in [2.05, 4.69) is 12.1 Å². The maximum absolute atomic E-state index is 13.8. The molecule has 7 nitrogen and oxygen atoms in total. The molecular formula is C26H29NO6. The molecule has 0 radical (unpaired) electrons. The number of methoxy groups -OCH3 is 4. The van der Waals surface area contributed by atoms with Gasteiger partial charge in [-0.2, -0.15) is 0 Å². The largest absolute Gasteiger partial charge is 0.493 e. The molecule has 0 aromatic heterocycles. The minimum atomic E-state index is -0.269. The van der Waals surface area contributed by atoms with Crippen molar-refractivity contribution in [1.29, 1.82) is 0 Å². The summed E-state index contributed by atoms with van der Waals surface area (Å²) < 4.78 is 21.2. The van der Waals surface area contributed by atoms with E-state index in [-0.39, 0.29) is 17.3 Å². The second kappa shape index (κ2) is 9.17. The SMILES string of the molecule is COC(=O)C1=CC2(CC1)CCN(C(=O)c1cc(OC)c(OC)c(OC)c1)c1ccccc1C2. The zero-order chi connectivity index (χ0) is 23.6. The topological polar surface area (TPSA) is 74.3 Å². The fourth-order valence-electron chi connectivity index (χ4n) is 4.94. The van der Waals surface area contributed by atoms with Crippen LogP contribution < -0.4 is 19.1 Å². The van der Waals surface area contributed by atoms with E-state index in [0.717, 1.165) is 36.1 Å². The molecule has 2 aromatic carbocycles. The Balaban J connectivity index is 1.72.